The van der Waals surface area contributed by atoms with Crippen LogP contribution in [0.2, 0.25) is 0 Å². The highest BCUT2D eigenvalue weighted by Gasteiger charge is 1.99. The van der Waals surface area contributed by atoms with Gasteiger partial charge in [-0.05, 0) is 37.8 Å². The molecular weight excluding hydrogens is 144 g/mol. The molecule has 0 spiro atoms. The Morgan fingerprint density at radius 1 is 1.33 bits per heavy atom. The first-order valence-corrected chi connectivity index (χ1v) is 4.54. The highest BCUT2D eigenvalue weighted by Crippen LogP contribution is 2.18. The molecule has 0 bridgehead atoms. The molecular formula is C12H16. The van der Waals surface area contributed by atoms with Gasteiger partial charge in [-0.15, -0.1) is 0 Å². The molecule has 0 aliphatic heterocycles. The molecule has 1 aliphatic carbocycles. The van der Waals surface area contributed by atoms with Crippen molar-refractivity contribution in [1.29, 1.82) is 0 Å². The Morgan fingerprint density at radius 3 is 2.67 bits per heavy atom. The summed E-state index contributed by atoms with van der Waals surface area (Å²) in [6.45, 7) is 4.13. The molecule has 1 aliphatic rings. The van der Waals surface area contributed by atoms with Crippen molar-refractivity contribution in [3.8, 4) is 0 Å². The molecule has 64 valence electrons. The standard InChI is InChI=1S/C12H16/c1-3-8-11(4-2)12-9-6-5-7-10-12/h3-4,6,8-10H,5,7H2,1-2H3/b8-3+,11-4+. The van der Waals surface area contributed by atoms with Gasteiger partial charge in [-0.2, -0.15) is 0 Å². The van der Waals surface area contributed by atoms with Crippen LogP contribution in [0.15, 0.2) is 47.6 Å². The van der Waals surface area contributed by atoms with Crippen LogP contribution < -0.4 is 0 Å². The van der Waals surface area contributed by atoms with E-state index in [-0.39, 0.29) is 0 Å². The van der Waals surface area contributed by atoms with Gasteiger partial charge in [0.25, 0.3) is 0 Å². The molecule has 0 saturated heterocycles. The lowest BCUT2D eigenvalue weighted by Gasteiger charge is -2.06. The molecule has 0 heterocycles. The Morgan fingerprint density at radius 2 is 2.17 bits per heavy atom. The second-order valence-corrected chi connectivity index (χ2v) is 2.88. The van der Waals surface area contributed by atoms with E-state index in [4.69, 9.17) is 0 Å². The van der Waals surface area contributed by atoms with E-state index in [1.807, 2.05) is 0 Å². The van der Waals surface area contributed by atoms with E-state index >= 15 is 0 Å². The van der Waals surface area contributed by atoms with Crippen molar-refractivity contribution in [2.75, 3.05) is 0 Å². The highest BCUT2D eigenvalue weighted by molar-refractivity contribution is 5.46. The molecule has 12 heavy (non-hydrogen) atoms. The van der Waals surface area contributed by atoms with Gasteiger partial charge in [0, 0.05) is 0 Å². The SMILES string of the molecule is C/C=C/C(=C\C)C1=CCCC=C1. The molecule has 0 fully saturated rings. The molecule has 0 nitrogen and oxygen atoms in total. The summed E-state index contributed by atoms with van der Waals surface area (Å²) in [5, 5.41) is 0. The van der Waals surface area contributed by atoms with Gasteiger partial charge in [-0.3, -0.25) is 0 Å². The number of rotatable bonds is 2. The molecule has 0 atom stereocenters. The lowest BCUT2D eigenvalue weighted by molar-refractivity contribution is 1.02. The number of hydrogen-bond donors (Lipinski definition) is 0. The molecule has 0 radical (unpaired) electrons. The second kappa shape index (κ2) is 4.76. The first-order valence-electron chi connectivity index (χ1n) is 4.54. The fourth-order valence-corrected chi connectivity index (χ4v) is 1.37. The predicted octanol–water partition coefficient (Wildman–Crippen LogP) is 3.79. The van der Waals surface area contributed by atoms with Gasteiger partial charge in [0.1, 0.15) is 0 Å². The predicted molar refractivity (Wildman–Crippen MR) is 55.0 cm³/mol. The van der Waals surface area contributed by atoms with Crippen molar-refractivity contribution in [1.82, 2.24) is 0 Å². The van der Waals surface area contributed by atoms with E-state index in [1.54, 1.807) is 0 Å². The normalized spacial score (nSPS) is 18.5. The Bertz CT molecular complexity index is 247. The molecule has 0 aromatic rings. The Balaban J connectivity index is 2.79. The lowest BCUT2D eigenvalue weighted by atomic mass is 9.99. The summed E-state index contributed by atoms with van der Waals surface area (Å²) in [5.41, 5.74) is 2.69. The zero-order valence-electron chi connectivity index (χ0n) is 7.88. The Kier molecular flexibility index (Phi) is 3.59. The third kappa shape index (κ3) is 2.23. The van der Waals surface area contributed by atoms with Crippen LogP contribution in [0.3, 0.4) is 0 Å². The van der Waals surface area contributed by atoms with E-state index in [9.17, 15) is 0 Å². The van der Waals surface area contributed by atoms with Gasteiger partial charge in [0.15, 0.2) is 0 Å². The van der Waals surface area contributed by atoms with Gasteiger partial charge in [-0.1, -0.05) is 36.5 Å². The second-order valence-electron chi connectivity index (χ2n) is 2.88. The molecule has 1 rings (SSSR count). The van der Waals surface area contributed by atoms with Crippen LogP contribution in [0.4, 0.5) is 0 Å². The van der Waals surface area contributed by atoms with E-state index < -0.39 is 0 Å². The lowest BCUT2D eigenvalue weighted by Crippen LogP contribution is -1.87. The largest absolute Gasteiger partial charge is 0.0871 e. The smallest absolute Gasteiger partial charge is 0.0230 e. The van der Waals surface area contributed by atoms with Crippen molar-refractivity contribution in [2.24, 2.45) is 0 Å². The first kappa shape index (κ1) is 9.05. The van der Waals surface area contributed by atoms with Crippen LogP contribution in [0.1, 0.15) is 26.7 Å². The molecule has 0 aromatic heterocycles. The highest BCUT2D eigenvalue weighted by atomic mass is 14.0. The van der Waals surface area contributed by atoms with E-state index in [2.05, 4.69) is 50.3 Å². The van der Waals surface area contributed by atoms with Crippen LogP contribution in [0.5, 0.6) is 0 Å². The summed E-state index contributed by atoms with van der Waals surface area (Å²) in [6, 6.07) is 0. The van der Waals surface area contributed by atoms with Gasteiger partial charge in [0.05, 0.1) is 0 Å². The zero-order chi connectivity index (χ0) is 8.81. The van der Waals surface area contributed by atoms with Crippen molar-refractivity contribution in [3.63, 3.8) is 0 Å². The maximum Gasteiger partial charge on any atom is -0.0230 e. The maximum absolute atomic E-state index is 2.30. The van der Waals surface area contributed by atoms with Crippen LogP contribution in [-0.4, -0.2) is 0 Å². The Hall–Kier alpha value is -1.04. The monoisotopic (exact) mass is 160 g/mol. The minimum absolute atomic E-state index is 1.18. The van der Waals surface area contributed by atoms with Crippen LogP contribution in [0.25, 0.3) is 0 Å². The number of hydrogen-bond acceptors (Lipinski definition) is 0. The van der Waals surface area contributed by atoms with Crippen molar-refractivity contribution in [2.45, 2.75) is 26.7 Å². The third-order valence-corrected chi connectivity index (χ3v) is 1.99. The summed E-state index contributed by atoms with van der Waals surface area (Å²) in [6.07, 6.45) is 15.5. The molecule has 0 amide bonds. The molecule has 0 aromatic carbocycles. The van der Waals surface area contributed by atoms with Crippen molar-refractivity contribution >= 4 is 0 Å². The van der Waals surface area contributed by atoms with Gasteiger partial charge < -0.3 is 0 Å². The Labute approximate surface area is 75.0 Å². The van der Waals surface area contributed by atoms with Gasteiger partial charge in [-0.25, -0.2) is 0 Å². The average Bonchev–Trinajstić information content (AvgIpc) is 2.15. The summed E-state index contributed by atoms with van der Waals surface area (Å²) in [5.74, 6) is 0. The van der Waals surface area contributed by atoms with Crippen molar-refractivity contribution in [3.05, 3.63) is 47.6 Å². The van der Waals surface area contributed by atoms with Gasteiger partial charge in [0.2, 0.25) is 0 Å². The third-order valence-electron chi connectivity index (χ3n) is 1.99. The topological polar surface area (TPSA) is 0 Å². The number of allylic oxidation sites excluding steroid dienone is 8. The van der Waals surface area contributed by atoms with E-state index in [0.717, 1.165) is 0 Å². The van der Waals surface area contributed by atoms with E-state index in [1.165, 1.54) is 24.0 Å². The summed E-state index contributed by atoms with van der Waals surface area (Å²) < 4.78 is 0. The fourth-order valence-electron chi connectivity index (χ4n) is 1.37. The van der Waals surface area contributed by atoms with Crippen LogP contribution in [0, 0.1) is 0 Å². The minimum atomic E-state index is 1.18. The summed E-state index contributed by atoms with van der Waals surface area (Å²) >= 11 is 0. The zero-order valence-corrected chi connectivity index (χ0v) is 7.88. The van der Waals surface area contributed by atoms with Crippen molar-refractivity contribution < 1.29 is 0 Å². The minimum Gasteiger partial charge on any atom is -0.0871 e. The van der Waals surface area contributed by atoms with Gasteiger partial charge >= 0.3 is 0 Å². The fraction of sp³-hybridized carbons (Fsp3) is 0.333. The molecule has 0 unspecified atom stereocenters. The van der Waals surface area contributed by atoms with Crippen LogP contribution >= 0.6 is 0 Å². The summed E-state index contributed by atoms with van der Waals surface area (Å²) in [4.78, 5) is 0. The molecule has 0 N–H and O–H groups in total. The summed E-state index contributed by atoms with van der Waals surface area (Å²) in [7, 11) is 0. The average molecular weight is 160 g/mol. The van der Waals surface area contributed by atoms with Crippen LogP contribution in [-0.2, 0) is 0 Å². The van der Waals surface area contributed by atoms with E-state index in [0.29, 0.717) is 0 Å². The quantitative estimate of drug-likeness (QED) is 0.539. The first-order chi connectivity index (χ1) is 5.88. The molecule has 0 heteroatoms. The maximum atomic E-state index is 2.30. The molecule has 0 saturated carbocycles.